The Bertz CT molecular complexity index is 1100. The molecule has 37 heavy (non-hydrogen) atoms. The van der Waals surface area contributed by atoms with Crippen molar-refractivity contribution in [2.75, 3.05) is 19.9 Å². The zero-order valence-electron chi connectivity index (χ0n) is 21.8. The molecular weight excluding hydrogens is 470 g/mol. The fourth-order valence-electron chi connectivity index (χ4n) is 6.53. The largest absolute Gasteiger partial charge is 0.511 e. The van der Waals surface area contributed by atoms with E-state index in [4.69, 9.17) is 18.9 Å². The lowest BCUT2D eigenvalue weighted by Gasteiger charge is -2.58. The minimum absolute atomic E-state index is 0.0448. The van der Waals surface area contributed by atoms with Crippen LogP contribution in [0.2, 0.25) is 0 Å². The first kappa shape index (κ1) is 25.4. The van der Waals surface area contributed by atoms with E-state index in [1.54, 1.807) is 0 Å². The summed E-state index contributed by atoms with van der Waals surface area (Å²) in [5.41, 5.74) is 3.65. The Morgan fingerprint density at radius 1 is 1.03 bits per heavy atom. The summed E-state index contributed by atoms with van der Waals surface area (Å²) < 4.78 is 21.7. The van der Waals surface area contributed by atoms with Gasteiger partial charge in [-0.3, -0.25) is 0 Å². The minimum atomic E-state index is -0.716. The van der Waals surface area contributed by atoms with Gasteiger partial charge in [0.25, 0.3) is 0 Å². The molecule has 1 heterocycles. The molecule has 2 bridgehead atoms. The Kier molecular flexibility index (Phi) is 7.58. The van der Waals surface area contributed by atoms with E-state index >= 15 is 0 Å². The van der Waals surface area contributed by atoms with Gasteiger partial charge in [-0.05, 0) is 66.3 Å². The summed E-state index contributed by atoms with van der Waals surface area (Å²) in [5.74, 6) is 1.35. The third kappa shape index (κ3) is 5.41. The van der Waals surface area contributed by atoms with Crippen molar-refractivity contribution < 1.29 is 28.5 Å². The highest BCUT2D eigenvalue weighted by Gasteiger charge is 2.55. The Morgan fingerprint density at radius 3 is 2.68 bits per heavy atom. The fraction of sp³-hybridized carbons (Fsp3) is 0.533. The molecule has 1 saturated heterocycles. The molecule has 0 spiro atoms. The van der Waals surface area contributed by atoms with Gasteiger partial charge in [-0.1, -0.05) is 63.1 Å². The van der Waals surface area contributed by atoms with Crippen LogP contribution in [0.1, 0.15) is 62.6 Å². The Morgan fingerprint density at radius 2 is 1.86 bits per heavy atom. The Balaban J connectivity index is 1.28. The van der Waals surface area contributed by atoms with Crippen molar-refractivity contribution in [2.24, 2.45) is 11.8 Å². The van der Waals surface area contributed by atoms with Gasteiger partial charge < -0.3 is 23.8 Å². The van der Waals surface area contributed by atoms with Gasteiger partial charge >= 0.3 is 12.2 Å². The summed E-state index contributed by atoms with van der Waals surface area (Å²) in [5, 5.41) is 0. The van der Waals surface area contributed by atoms with E-state index in [0.29, 0.717) is 31.4 Å². The molecule has 2 aromatic carbocycles. The third-order valence-electron chi connectivity index (χ3n) is 8.18. The summed E-state index contributed by atoms with van der Waals surface area (Å²) in [7, 11) is 0. The third-order valence-corrected chi connectivity index (χ3v) is 8.18. The lowest BCUT2D eigenvalue weighted by atomic mass is 9.52. The molecule has 5 rings (SSSR count). The average molecular weight is 508 g/mol. The maximum atomic E-state index is 13.2. The molecule has 2 aliphatic carbocycles. The van der Waals surface area contributed by atoms with Crippen LogP contribution in [0.15, 0.2) is 48.5 Å². The zero-order chi connectivity index (χ0) is 25.8. The maximum absolute atomic E-state index is 13.2. The van der Waals surface area contributed by atoms with Gasteiger partial charge in [-0.15, -0.1) is 0 Å². The van der Waals surface area contributed by atoms with Crippen LogP contribution in [0, 0.1) is 11.8 Å². The summed E-state index contributed by atoms with van der Waals surface area (Å²) in [4.78, 5) is 26.9. The summed E-state index contributed by atoms with van der Waals surface area (Å²) >= 11 is 0. The number of amides is 1. The minimum Gasteiger partial charge on any atom is -0.457 e. The highest BCUT2D eigenvalue weighted by Crippen LogP contribution is 2.56. The number of nitrogens with zero attached hydrogens (tertiary/aromatic N) is 1. The number of benzene rings is 2. The van der Waals surface area contributed by atoms with Gasteiger partial charge in [0.05, 0.1) is 6.61 Å². The van der Waals surface area contributed by atoms with E-state index in [2.05, 4.69) is 12.1 Å². The first-order valence-electron chi connectivity index (χ1n) is 13.5. The van der Waals surface area contributed by atoms with Crippen molar-refractivity contribution >= 4 is 12.2 Å². The van der Waals surface area contributed by atoms with Crippen LogP contribution in [0.5, 0.6) is 5.75 Å². The van der Waals surface area contributed by atoms with Gasteiger partial charge in [0, 0.05) is 18.0 Å². The van der Waals surface area contributed by atoms with Gasteiger partial charge in [-0.25, -0.2) is 9.59 Å². The summed E-state index contributed by atoms with van der Waals surface area (Å²) in [6.07, 6.45) is 5.43. The summed E-state index contributed by atoms with van der Waals surface area (Å²) in [6.45, 7) is 5.07. The molecule has 0 aromatic heterocycles. The summed E-state index contributed by atoms with van der Waals surface area (Å²) in [6, 6.07) is 16.2. The van der Waals surface area contributed by atoms with Crippen molar-refractivity contribution in [3.05, 3.63) is 65.2 Å². The topological polar surface area (TPSA) is 74.3 Å². The van der Waals surface area contributed by atoms with Crippen LogP contribution in [0.25, 0.3) is 0 Å². The second-order valence-corrected chi connectivity index (χ2v) is 10.9. The van der Waals surface area contributed by atoms with Crippen LogP contribution in [0.3, 0.4) is 0 Å². The number of piperidine rings is 1. The molecule has 0 unspecified atom stereocenters. The quantitative estimate of drug-likeness (QED) is 0.327. The molecule has 1 aliphatic heterocycles. The molecule has 1 saturated carbocycles. The molecule has 2 fully saturated rings. The van der Waals surface area contributed by atoms with E-state index < -0.39 is 6.16 Å². The van der Waals surface area contributed by atoms with Crippen molar-refractivity contribution in [3.63, 3.8) is 0 Å². The molecular formula is C30H37NO6. The lowest BCUT2D eigenvalue weighted by molar-refractivity contribution is -0.0145. The number of likely N-dealkylation sites (tertiary alicyclic amines) is 1. The van der Waals surface area contributed by atoms with Crippen molar-refractivity contribution in [1.29, 1.82) is 0 Å². The van der Waals surface area contributed by atoms with Crippen LogP contribution in [-0.4, -0.2) is 43.1 Å². The highest BCUT2D eigenvalue weighted by atomic mass is 16.8. The number of rotatable bonds is 7. The molecule has 3 atom stereocenters. The monoisotopic (exact) mass is 507 g/mol. The molecule has 1 amide bonds. The van der Waals surface area contributed by atoms with Crippen molar-refractivity contribution in [3.8, 4) is 5.75 Å². The number of ether oxygens (including phenoxy) is 4. The zero-order valence-corrected chi connectivity index (χ0v) is 21.8. The average Bonchev–Trinajstić information content (AvgIpc) is 2.91. The van der Waals surface area contributed by atoms with Gasteiger partial charge in [-0.2, -0.15) is 0 Å². The first-order valence-corrected chi connectivity index (χ1v) is 13.5. The van der Waals surface area contributed by atoms with Crippen LogP contribution < -0.4 is 4.74 Å². The number of hydrogen-bond acceptors (Lipinski definition) is 6. The highest BCUT2D eigenvalue weighted by molar-refractivity contribution is 5.69. The van der Waals surface area contributed by atoms with Crippen LogP contribution in [0.4, 0.5) is 9.59 Å². The number of carbonyl (C=O) groups excluding carboxylic acids is 2. The van der Waals surface area contributed by atoms with E-state index in [9.17, 15) is 9.59 Å². The Hall–Kier alpha value is -3.22. The number of carbonyl (C=O) groups is 2. The van der Waals surface area contributed by atoms with E-state index in [-0.39, 0.29) is 30.3 Å². The van der Waals surface area contributed by atoms with Gasteiger partial charge in [0.2, 0.25) is 6.79 Å². The van der Waals surface area contributed by atoms with E-state index in [1.807, 2.05) is 55.1 Å². The maximum Gasteiger partial charge on any atom is 0.511 e. The Labute approximate surface area is 219 Å². The van der Waals surface area contributed by atoms with E-state index in [1.165, 1.54) is 24.0 Å². The van der Waals surface area contributed by atoms with E-state index in [0.717, 1.165) is 31.2 Å². The standard InChI is InChI=1S/C30H37NO6/c1-21(2)18-35-29(33)37-20-36-24-12-11-23-16-27-25-10-6-7-13-30(25,26(23)17-24)14-15-31(27)28(32)34-19-22-8-4-3-5-9-22/h3-5,8-9,11-12,17,21,25,27H,6-7,10,13-16,18-20H2,1-2H3/t25-,27+,30+/m1/s1. The fourth-order valence-corrected chi connectivity index (χ4v) is 6.53. The molecule has 0 N–H and O–H groups in total. The second kappa shape index (κ2) is 11.0. The molecule has 2 aromatic rings. The van der Waals surface area contributed by atoms with Crippen LogP contribution in [-0.2, 0) is 32.7 Å². The van der Waals surface area contributed by atoms with Crippen molar-refractivity contribution in [1.82, 2.24) is 4.90 Å². The normalized spacial score (nSPS) is 24.0. The van der Waals surface area contributed by atoms with Gasteiger partial charge in [0.1, 0.15) is 12.4 Å². The molecule has 7 heteroatoms. The number of hydrogen-bond donors (Lipinski definition) is 0. The molecule has 0 radical (unpaired) electrons. The molecule has 7 nitrogen and oxygen atoms in total. The molecule has 198 valence electrons. The second-order valence-electron chi connectivity index (χ2n) is 10.9. The SMILES string of the molecule is CC(C)COC(=O)OCOc1ccc2c(c1)[C@]13CCCC[C@@H]1[C@H](C2)N(C(=O)OCc1ccccc1)CC3. The molecule has 3 aliphatic rings. The van der Waals surface area contributed by atoms with Crippen LogP contribution >= 0.6 is 0 Å². The number of fused-ring (bicyclic) bond motifs is 1. The predicted molar refractivity (Wildman–Crippen MR) is 138 cm³/mol. The smallest absolute Gasteiger partial charge is 0.457 e. The lowest BCUT2D eigenvalue weighted by Crippen LogP contribution is -2.62. The predicted octanol–water partition coefficient (Wildman–Crippen LogP) is 6.23. The van der Waals surface area contributed by atoms with Crippen molar-refractivity contribution in [2.45, 2.75) is 70.4 Å². The first-order chi connectivity index (χ1) is 18.0. The van der Waals surface area contributed by atoms with Gasteiger partial charge in [0.15, 0.2) is 0 Å².